The molecule has 0 saturated heterocycles. The van der Waals surface area contributed by atoms with Crippen LogP contribution in [0.2, 0.25) is 0 Å². The van der Waals surface area contributed by atoms with E-state index in [1.807, 2.05) is 54.6 Å². The fourth-order valence-corrected chi connectivity index (χ4v) is 2.14. The van der Waals surface area contributed by atoms with Crippen LogP contribution in [0.1, 0.15) is 18.9 Å². The molecule has 2 aromatic carbocycles. The highest BCUT2D eigenvalue weighted by Crippen LogP contribution is 2.19. The molecule has 0 radical (unpaired) electrons. The Kier molecular flexibility index (Phi) is 6.36. The Bertz CT molecular complexity index is 648. The number of carbonyl (C=O) groups excluding carboxylic acids is 1. The highest BCUT2D eigenvalue weighted by atomic mass is 16.5. The lowest BCUT2D eigenvalue weighted by molar-refractivity contribution is -0.135. The van der Waals surface area contributed by atoms with Crippen molar-refractivity contribution in [3.05, 3.63) is 60.2 Å². The normalized spacial score (nSPS) is 11.1. The van der Waals surface area contributed by atoms with Gasteiger partial charge in [0.1, 0.15) is 11.5 Å². The molecule has 0 aromatic heterocycles. The molecule has 0 saturated carbocycles. The summed E-state index contributed by atoms with van der Waals surface area (Å²) in [5.41, 5.74) is 2.31. The Morgan fingerprint density at radius 3 is 2.35 bits per heavy atom. The van der Waals surface area contributed by atoms with Crippen molar-refractivity contribution in [3.8, 4) is 5.75 Å². The van der Waals surface area contributed by atoms with Gasteiger partial charge < -0.3 is 9.47 Å². The van der Waals surface area contributed by atoms with E-state index in [1.165, 1.54) is 5.56 Å². The van der Waals surface area contributed by atoms with Gasteiger partial charge in [-0.2, -0.15) is 0 Å². The van der Waals surface area contributed by atoms with Crippen LogP contribution in [0.4, 0.5) is 5.69 Å². The van der Waals surface area contributed by atoms with E-state index in [4.69, 9.17) is 9.47 Å². The minimum absolute atomic E-state index is 0.339. The van der Waals surface area contributed by atoms with Gasteiger partial charge in [-0.3, -0.25) is 0 Å². The lowest BCUT2D eigenvalue weighted by Crippen LogP contribution is -2.18. The Labute approximate surface area is 136 Å². The zero-order chi connectivity index (χ0) is 16.5. The van der Waals surface area contributed by atoms with Crippen LogP contribution in [-0.4, -0.2) is 25.4 Å². The molecule has 0 amide bonds. The van der Waals surface area contributed by atoms with Gasteiger partial charge in [0.2, 0.25) is 0 Å². The number of nitrogens with zero attached hydrogens (tertiary/aromatic N) is 1. The monoisotopic (exact) mass is 311 g/mol. The van der Waals surface area contributed by atoms with Gasteiger partial charge in [-0.25, -0.2) is 9.79 Å². The van der Waals surface area contributed by atoms with Gasteiger partial charge in [0.05, 0.1) is 19.4 Å². The maximum Gasteiger partial charge on any atom is 0.352 e. The third-order valence-corrected chi connectivity index (χ3v) is 3.34. The van der Waals surface area contributed by atoms with Crippen LogP contribution >= 0.6 is 0 Å². The number of carbonyl (C=O) groups is 1. The summed E-state index contributed by atoms with van der Waals surface area (Å²) in [6, 6.07) is 17.3. The minimum Gasteiger partial charge on any atom is -0.497 e. The first-order valence-electron chi connectivity index (χ1n) is 7.65. The van der Waals surface area contributed by atoms with E-state index in [-0.39, 0.29) is 5.97 Å². The zero-order valence-electron chi connectivity index (χ0n) is 13.5. The molecule has 0 fully saturated rings. The van der Waals surface area contributed by atoms with E-state index in [2.05, 4.69) is 4.99 Å². The van der Waals surface area contributed by atoms with E-state index < -0.39 is 0 Å². The lowest BCUT2D eigenvalue weighted by Gasteiger charge is -2.07. The molecule has 0 bridgehead atoms. The zero-order valence-corrected chi connectivity index (χ0v) is 13.5. The van der Waals surface area contributed by atoms with Gasteiger partial charge in [-0.05, 0) is 43.2 Å². The third kappa shape index (κ3) is 5.25. The standard InChI is InChI=1S/C19H21NO3/c1-3-23-19(21)18(14-9-15-7-5-4-6-8-15)20-16-10-12-17(22-2)13-11-16/h4-8,10-13H,3,9,14H2,1-2H3. The SMILES string of the molecule is CCOC(=O)C(CCc1ccccc1)=Nc1ccc(OC)cc1. The van der Waals surface area contributed by atoms with Gasteiger partial charge in [-0.15, -0.1) is 0 Å². The van der Waals surface area contributed by atoms with Gasteiger partial charge >= 0.3 is 5.97 Å². The Morgan fingerprint density at radius 2 is 1.74 bits per heavy atom. The number of rotatable bonds is 7. The summed E-state index contributed by atoms with van der Waals surface area (Å²) in [6.07, 6.45) is 1.28. The molecule has 0 atom stereocenters. The van der Waals surface area contributed by atoms with E-state index in [0.717, 1.165) is 12.2 Å². The average Bonchev–Trinajstić information content (AvgIpc) is 2.60. The van der Waals surface area contributed by atoms with E-state index in [9.17, 15) is 4.79 Å². The van der Waals surface area contributed by atoms with Crippen LogP contribution in [0.3, 0.4) is 0 Å². The lowest BCUT2D eigenvalue weighted by atomic mass is 10.1. The van der Waals surface area contributed by atoms with Crippen LogP contribution in [0.25, 0.3) is 0 Å². The number of methoxy groups -OCH3 is 1. The van der Waals surface area contributed by atoms with E-state index in [0.29, 0.717) is 24.4 Å². The second kappa shape index (κ2) is 8.73. The first kappa shape index (κ1) is 16.7. The van der Waals surface area contributed by atoms with Crippen molar-refractivity contribution in [1.82, 2.24) is 0 Å². The summed E-state index contributed by atoms with van der Waals surface area (Å²) in [5, 5.41) is 0. The Hall–Kier alpha value is -2.62. The molecule has 0 aliphatic heterocycles. The fourth-order valence-electron chi connectivity index (χ4n) is 2.14. The first-order chi connectivity index (χ1) is 11.2. The van der Waals surface area contributed by atoms with Gasteiger partial charge in [0.25, 0.3) is 0 Å². The van der Waals surface area contributed by atoms with Crippen molar-refractivity contribution in [2.24, 2.45) is 4.99 Å². The summed E-state index contributed by atoms with van der Waals surface area (Å²) >= 11 is 0. The van der Waals surface area contributed by atoms with Crippen LogP contribution in [0.15, 0.2) is 59.6 Å². The van der Waals surface area contributed by atoms with Crippen LogP contribution in [0.5, 0.6) is 5.75 Å². The summed E-state index contributed by atoms with van der Waals surface area (Å²) in [7, 11) is 1.61. The molecule has 0 aliphatic rings. The third-order valence-electron chi connectivity index (χ3n) is 3.34. The van der Waals surface area contributed by atoms with Crippen molar-refractivity contribution in [3.63, 3.8) is 0 Å². The number of esters is 1. The molecular weight excluding hydrogens is 290 g/mol. The van der Waals surface area contributed by atoms with Gasteiger partial charge in [0, 0.05) is 6.42 Å². The van der Waals surface area contributed by atoms with Crippen LogP contribution in [-0.2, 0) is 16.0 Å². The van der Waals surface area contributed by atoms with Gasteiger partial charge in [0.15, 0.2) is 0 Å². The summed E-state index contributed by atoms with van der Waals surface area (Å²) in [5.74, 6) is 0.394. The maximum absolute atomic E-state index is 12.1. The number of aryl methyl sites for hydroxylation is 1. The number of hydrogen-bond acceptors (Lipinski definition) is 4. The topological polar surface area (TPSA) is 47.9 Å². The number of ether oxygens (including phenoxy) is 2. The van der Waals surface area contributed by atoms with Crippen molar-refractivity contribution >= 4 is 17.4 Å². The summed E-state index contributed by atoms with van der Waals surface area (Å²) in [6.45, 7) is 2.13. The molecule has 23 heavy (non-hydrogen) atoms. The quantitative estimate of drug-likeness (QED) is 0.574. The molecule has 2 rings (SSSR count). The largest absolute Gasteiger partial charge is 0.497 e. The van der Waals surface area contributed by atoms with Crippen molar-refractivity contribution in [2.75, 3.05) is 13.7 Å². The van der Waals surface area contributed by atoms with Crippen LogP contribution < -0.4 is 4.74 Å². The van der Waals surface area contributed by atoms with Gasteiger partial charge in [-0.1, -0.05) is 30.3 Å². The maximum atomic E-state index is 12.1. The van der Waals surface area contributed by atoms with Crippen LogP contribution in [0, 0.1) is 0 Å². The number of hydrogen-bond donors (Lipinski definition) is 0. The number of benzene rings is 2. The molecule has 0 N–H and O–H groups in total. The predicted octanol–water partition coefficient (Wildman–Crippen LogP) is 3.96. The first-order valence-corrected chi connectivity index (χ1v) is 7.65. The van der Waals surface area contributed by atoms with E-state index in [1.54, 1.807) is 14.0 Å². The average molecular weight is 311 g/mol. The smallest absolute Gasteiger partial charge is 0.352 e. The molecule has 0 aliphatic carbocycles. The molecule has 4 nitrogen and oxygen atoms in total. The predicted molar refractivity (Wildman–Crippen MR) is 91.5 cm³/mol. The molecular formula is C19H21NO3. The Balaban J connectivity index is 2.15. The Morgan fingerprint density at radius 1 is 1.04 bits per heavy atom. The molecule has 120 valence electrons. The fraction of sp³-hybridized carbons (Fsp3) is 0.263. The second-order valence-corrected chi connectivity index (χ2v) is 4.96. The highest BCUT2D eigenvalue weighted by molar-refractivity contribution is 6.37. The molecule has 0 spiro atoms. The molecule has 4 heteroatoms. The highest BCUT2D eigenvalue weighted by Gasteiger charge is 2.13. The molecule has 0 heterocycles. The van der Waals surface area contributed by atoms with E-state index >= 15 is 0 Å². The second-order valence-electron chi connectivity index (χ2n) is 4.96. The summed E-state index contributed by atoms with van der Waals surface area (Å²) in [4.78, 5) is 16.6. The van der Waals surface area contributed by atoms with Crippen molar-refractivity contribution in [2.45, 2.75) is 19.8 Å². The molecule has 2 aromatic rings. The van der Waals surface area contributed by atoms with Crippen molar-refractivity contribution in [1.29, 1.82) is 0 Å². The van der Waals surface area contributed by atoms with Crippen molar-refractivity contribution < 1.29 is 14.3 Å². The molecule has 0 unspecified atom stereocenters. The number of aliphatic imine (C=N–C) groups is 1. The minimum atomic E-state index is -0.362. The summed E-state index contributed by atoms with van der Waals surface area (Å²) < 4.78 is 10.2.